The zero-order valence-corrected chi connectivity index (χ0v) is 15.2. The maximum atomic E-state index is 13.1. The van der Waals surface area contributed by atoms with Crippen molar-refractivity contribution in [3.63, 3.8) is 0 Å². The molecule has 4 rings (SSSR count). The van der Waals surface area contributed by atoms with Crippen molar-refractivity contribution >= 4 is 17.5 Å². The lowest BCUT2D eigenvalue weighted by Gasteiger charge is -2.31. The summed E-state index contributed by atoms with van der Waals surface area (Å²) >= 11 is 6.00. The van der Waals surface area contributed by atoms with Crippen LogP contribution >= 0.6 is 11.6 Å². The maximum Gasteiger partial charge on any atom is 0.253 e. The van der Waals surface area contributed by atoms with Gasteiger partial charge in [0.2, 0.25) is 11.7 Å². The topological polar surface area (TPSA) is 59.2 Å². The molecule has 2 heterocycles. The molecule has 0 spiro atoms. The van der Waals surface area contributed by atoms with Crippen LogP contribution < -0.4 is 0 Å². The lowest BCUT2D eigenvalue weighted by atomic mass is 9.97. The molecule has 0 N–H and O–H groups in total. The molecule has 27 heavy (non-hydrogen) atoms. The predicted molar refractivity (Wildman–Crippen MR) is 99.0 cm³/mol. The van der Waals surface area contributed by atoms with Crippen LogP contribution in [-0.4, -0.2) is 34.0 Å². The largest absolute Gasteiger partial charge is 0.339 e. The van der Waals surface area contributed by atoms with Gasteiger partial charge in [-0.05, 0) is 55.3 Å². The minimum Gasteiger partial charge on any atom is -0.339 e. The van der Waals surface area contributed by atoms with E-state index in [1.165, 1.54) is 12.1 Å². The van der Waals surface area contributed by atoms with E-state index in [2.05, 4.69) is 10.1 Å². The third-order valence-corrected chi connectivity index (χ3v) is 4.91. The van der Waals surface area contributed by atoms with Crippen molar-refractivity contribution in [3.05, 3.63) is 70.8 Å². The Hall–Kier alpha value is -2.73. The summed E-state index contributed by atoms with van der Waals surface area (Å²) in [5.74, 6) is 0.523. The van der Waals surface area contributed by atoms with Crippen molar-refractivity contribution < 1.29 is 13.7 Å². The first-order valence-electron chi connectivity index (χ1n) is 8.74. The molecular formula is C20H17ClFN3O2. The van der Waals surface area contributed by atoms with Crippen LogP contribution in [0.4, 0.5) is 4.39 Å². The van der Waals surface area contributed by atoms with Gasteiger partial charge in [-0.1, -0.05) is 22.8 Å². The van der Waals surface area contributed by atoms with Gasteiger partial charge in [0.1, 0.15) is 5.82 Å². The molecule has 1 saturated heterocycles. The van der Waals surface area contributed by atoms with Crippen LogP contribution in [0.25, 0.3) is 11.4 Å². The van der Waals surface area contributed by atoms with Gasteiger partial charge in [0, 0.05) is 29.2 Å². The average Bonchev–Trinajstić information content (AvgIpc) is 3.18. The lowest BCUT2D eigenvalue weighted by molar-refractivity contribution is 0.0695. The molecule has 138 valence electrons. The summed E-state index contributed by atoms with van der Waals surface area (Å²) in [7, 11) is 0. The fraction of sp³-hybridized carbons (Fsp3) is 0.250. The van der Waals surface area contributed by atoms with E-state index in [4.69, 9.17) is 16.1 Å². The molecule has 0 unspecified atom stereocenters. The summed E-state index contributed by atoms with van der Waals surface area (Å²) < 4.78 is 18.5. The zero-order chi connectivity index (χ0) is 18.8. The van der Waals surface area contributed by atoms with Gasteiger partial charge in [-0.3, -0.25) is 4.79 Å². The normalized spacial score (nSPS) is 17.1. The summed E-state index contributed by atoms with van der Waals surface area (Å²) in [6.07, 6.45) is 1.72. The first-order chi connectivity index (χ1) is 13.1. The number of carbonyl (C=O) groups is 1. The number of benzene rings is 2. The molecule has 0 radical (unpaired) electrons. The average molecular weight is 386 g/mol. The Balaban J connectivity index is 1.50. The predicted octanol–water partition coefficient (Wildman–Crippen LogP) is 4.55. The van der Waals surface area contributed by atoms with E-state index in [-0.39, 0.29) is 17.6 Å². The molecule has 0 saturated carbocycles. The molecule has 5 nitrogen and oxygen atoms in total. The highest BCUT2D eigenvalue weighted by Crippen LogP contribution is 2.28. The van der Waals surface area contributed by atoms with Crippen molar-refractivity contribution in [3.8, 4) is 11.4 Å². The number of rotatable bonds is 3. The van der Waals surface area contributed by atoms with Crippen LogP contribution in [0, 0.1) is 5.82 Å². The van der Waals surface area contributed by atoms with Crippen LogP contribution in [0.1, 0.15) is 35.0 Å². The molecular weight excluding hydrogens is 369 g/mol. The first kappa shape index (κ1) is 17.7. The van der Waals surface area contributed by atoms with E-state index in [9.17, 15) is 9.18 Å². The van der Waals surface area contributed by atoms with E-state index in [1.807, 2.05) is 0 Å². The second-order valence-electron chi connectivity index (χ2n) is 6.56. The molecule has 1 atom stereocenters. The number of halogens is 2. The van der Waals surface area contributed by atoms with Crippen LogP contribution in [0.5, 0.6) is 0 Å². The Morgan fingerprint density at radius 3 is 2.81 bits per heavy atom. The second-order valence-corrected chi connectivity index (χ2v) is 7.00. The highest BCUT2D eigenvalue weighted by atomic mass is 35.5. The molecule has 0 bridgehead atoms. The molecule has 1 aliphatic rings. The van der Waals surface area contributed by atoms with E-state index in [1.54, 1.807) is 41.3 Å². The standard InChI is InChI=1S/C20H17ClFN3O2/c21-16-5-1-3-14(11-16)20(26)25-10-2-4-15(12-25)19-23-18(24-27-19)13-6-8-17(22)9-7-13/h1,3,5-9,11,15H,2,4,10,12H2/t15-/m1/s1. The summed E-state index contributed by atoms with van der Waals surface area (Å²) in [5.41, 5.74) is 1.26. The van der Waals surface area contributed by atoms with Gasteiger partial charge < -0.3 is 9.42 Å². The molecule has 1 amide bonds. The van der Waals surface area contributed by atoms with Crippen LogP contribution in [-0.2, 0) is 0 Å². The number of hydrogen-bond donors (Lipinski definition) is 0. The number of likely N-dealkylation sites (tertiary alicyclic amines) is 1. The number of nitrogens with zero attached hydrogens (tertiary/aromatic N) is 3. The zero-order valence-electron chi connectivity index (χ0n) is 14.4. The Bertz CT molecular complexity index is 958. The van der Waals surface area contributed by atoms with Crippen LogP contribution in [0.2, 0.25) is 5.02 Å². The second kappa shape index (κ2) is 7.48. The van der Waals surface area contributed by atoms with Crippen molar-refractivity contribution in [2.24, 2.45) is 0 Å². The van der Waals surface area contributed by atoms with Crippen molar-refractivity contribution in [2.75, 3.05) is 13.1 Å². The summed E-state index contributed by atoms with van der Waals surface area (Å²) in [5, 5.41) is 4.54. The van der Waals surface area contributed by atoms with Crippen LogP contribution in [0.3, 0.4) is 0 Å². The minimum absolute atomic E-state index is 0.0245. The summed E-state index contributed by atoms with van der Waals surface area (Å²) in [6, 6.07) is 12.9. The Morgan fingerprint density at radius 2 is 2.04 bits per heavy atom. The Kier molecular flexibility index (Phi) is 4.90. The maximum absolute atomic E-state index is 13.1. The summed E-state index contributed by atoms with van der Waals surface area (Å²) in [6.45, 7) is 1.19. The van der Waals surface area contributed by atoms with E-state index < -0.39 is 0 Å². The number of amides is 1. The number of piperidine rings is 1. The summed E-state index contributed by atoms with van der Waals surface area (Å²) in [4.78, 5) is 19.0. The van der Waals surface area contributed by atoms with Crippen molar-refractivity contribution in [1.29, 1.82) is 0 Å². The molecule has 1 aliphatic heterocycles. The Morgan fingerprint density at radius 1 is 1.22 bits per heavy atom. The smallest absolute Gasteiger partial charge is 0.253 e. The van der Waals surface area contributed by atoms with Gasteiger partial charge in [0.25, 0.3) is 5.91 Å². The number of hydrogen-bond acceptors (Lipinski definition) is 4. The molecule has 3 aromatic rings. The van der Waals surface area contributed by atoms with Gasteiger partial charge in [-0.2, -0.15) is 4.98 Å². The Labute approximate surface area is 160 Å². The van der Waals surface area contributed by atoms with Crippen molar-refractivity contribution in [1.82, 2.24) is 15.0 Å². The van der Waals surface area contributed by atoms with Crippen molar-refractivity contribution in [2.45, 2.75) is 18.8 Å². The van der Waals surface area contributed by atoms with Gasteiger partial charge in [-0.25, -0.2) is 4.39 Å². The van der Waals surface area contributed by atoms with E-state index in [0.717, 1.165) is 12.8 Å². The molecule has 2 aromatic carbocycles. The molecule has 0 aliphatic carbocycles. The highest BCUT2D eigenvalue weighted by Gasteiger charge is 2.29. The molecule has 1 aromatic heterocycles. The number of carbonyl (C=O) groups excluding carboxylic acids is 1. The highest BCUT2D eigenvalue weighted by molar-refractivity contribution is 6.30. The minimum atomic E-state index is -0.315. The van der Waals surface area contributed by atoms with Gasteiger partial charge >= 0.3 is 0 Å². The van der Waals surface area contributed by atoms with Gasteiger partial charge in [0.15, 0.2) is 0 Å². The SMILES string of the molecule is O=C(c1cccc(Cl)c1)N1CCC[C@@H](c2nc(-c3ccc(F)cc3)no2)C1. The molecule has 1 fully saturated rings. The van der Waals surface area contributed by atoms with E-state index >= 15 is 0 Å². The lowest BCUT2D eigenvalue weighted by Crippen LogP contribution is -2.39. The third kappa shape index (κ3) is 3.85. The first-order valence-corrected chi connectivity index (χ1v) is 9.12. The molecule has 7 heteroatoms. The fourth-order valence-corrected chi connectivity index (χ4v) is 3.47. The fourth-order valence-electron chi connectivity index (χ4n) is 3.28. The monoisotopic (exact) mass is 385 g/mol. The van der Waals surface area contributed by atoms with E-state index in [0.29, 0.717) is 41.0 Å². The van der Waals surface area contributed by atoms with Gasteiger partial charge in [-0.15, -0.1) is 0 Å². The van der Waals surface area contributed by atoms with Crippen LogP contribution in [0.15, 0.2) is 53.1 Å². The third-order valence-electron chi connectivity index (χ3n) is 4.67. The quantitative estimate of drug-likeness (QED) is 0.663. The number of aromatic nitrogens is 2. The van der Waals surface area contributed by atoms with Gasteiger partial charge in [0.05, 0.1) is 5.92 Å².